The van der Waals surface area contributed by atoms with Crippen molar-refractivity contribution >= 4 is 40.0 Å². The van der Waals surface area contributed by atoms with E-state index in [4.69, 9.17) is 4.74 Å². The molecule has 1 aliphatic rings. The Morgan fingerprint density at radius 1 is 1.18 bits per heavy atom. The van der Waals surface area contributed by atoms with Crippen LogP contribution in [0, 0.1) is 0 Å². The Bertz CT molecular complexity index is 906. The molecule has 1 atom stereocenters. The number of amides is 3. The van der Waals surface area contributed by atoms with Gasteiger partial charge in [-0.2, -0.15) is 0 Å². The number of thiophene rings is 1. The zero-order chi connectivity index (χ0) is 20.3. The molecule has 2 heterocycles. The van der Waals surface area contributed by atoms with Crippen molar-refractivity contribution in [3.63, 3.8) is 0 Å². The van der Waals surface area contributed by atoms with Gasteiger partial charge in [0.15, 0.2) is 0 Å². The van der Waals surface area contributed by atoms with E-state index in [9.17, 15) is 19.2 Å². The van der Waals surface area contributed by atoms with E-state index in [1.807, 2.05) is 30.3 Å². The lowest BCUT2D eigenvalue weighted by atomic mass is 10.0. The molecule has 1 fully saturated rings. The Morgan fingerprint density at radius 3 is 2.43 bits per heavy atom. The van der Waals surface area contributed by atoms with Crippen LogP contribution in [0.2, 0.25) is 0 Å². The van der Waals surface area contributed by atoms with E-state index in [2.05, 4.69) is 5.32 Å². The largest absolute Gasteiger partial charge is 0.462 e. The molecule has 2 aromatic rings. The average molecular weight is 400 g/mol. The summed E-state index contributed by atoms with van der Waals surface area (Å²) in [7, 11) is 0. The summed E-state index contributed by atoms with van der Waals surface area (Å²) < 4.78 is 5.16. The summed E-state index contributed by atoms with van der Waals surface area (Å²) in [6.45, 7) is 3.40. The van der Waals surface area contributed by atoms with E-state index < -0.39 is 17.9 Å². The van der Waals surface area contributed by atoms with E-state index in [0.29, 0.717) is 10.6 Å². The van der Waals surface area contributed by atoms with Gasteiger partial charge < -0.3 is 10.1 Å². The third-order valence-corrected chi connectivity index (χ3v) is 5.34. The van der Waals surface area contributed by atoms with Crippen molar-refractivity contribution in [1.82, 2.24) is 4.90 Å². The summed E-state index contributed by atoms with van der Waals surface area (Å²) in [4.78, 5) is 50.0. The van der Waals surface area contributed by atoms with Crippen molar-refractivity contribution in [1.29, 1.82) is 0 Å². The summed E-state index contributed by atoms with van der Waals surface area (Å²) in [5.74, 6) is -1.81. The van der Waals surface area contributed by atoms with Crippen LogP contribution < -0.4 is 5.32 Å². The predicted octanol–water partition coefficient (Wildman–Crippen LogP) is 3.07. The average Bonchev–Trinajstić information content (AvgIpc) is 3.25. The zero-order valence-electron chi connectivity index (χ0n) is 15.6. The number of imide groups is 1. The number of carbonyl (C=O) groups excluding carboxylic acids is 4. The van der Waals surface area contributed by atoms with Crippen LogP contribution in [0.3, 0.4) is 0 Å². The number of likely N-dealkylation sites (tertiary alicyclic amines) is 1. The topological polar surface area (TPSA) is 92.8 Å². The molecule has 146 valence electrons. The van der Waals surface area contributed by atoms with E-state index in [-0.39, 0.29) is 36.8 Å². The highest BCUT2D eigenvalue weighted by atomic mass is 32.1. The third-order valence-electron chi connectivity index (χ3n) is 4.45. The van der Waals surface area contributed by atoms with Crippen molar-refractivity contribution < 1.29 is 23.9 Å². The predicted molar refractivity (Wildman–Crippen MR) is 105 cm³/mol. The van der Waals surface area contributed by atoms with Crippen LogP contribution in [0.1, 0.15) is 37.0 Å². The molecule has 0 saturated carbocycles. The Kier molecular flexibility index (Phi) is 5.89. The molecule has 7 nitrogen and oxygen atoms in total. The van der Waals surface area contributed by atoms with Crippen molar-refractivity contribution in [2.75, 3.05) is 11.9 Å². The number of hydrogen-bond donors (Lipinski definition) is 1. The standard InChI is InChI=1S/C20H20N2O5S/c1-3-27-20(26)17-14(13-7-5-4-6-8-13)11-28-19(17)21-18(25)12(2)22-15(23)9-10-16(22)24/h4-8,11-12H,3,9-10H2,1-2H3,(H,21,25)/t12-/m0/s1. The molecular formula is C20H20N2O5S. The van der Waals surface area contributed by atoms with Gasteiger partial charge in [0.25, 0.3) is 0 Å². The van der Waals surface area contributed by atoms with E-state index in [0.717, 1.165) is 10.5 Å². The number of ether oxygens (including phenoxy) is 1. The first-order valence-electron chi connectivity index (χ1n) is 8.93. The van der Waals surface area contributed by atoms with E-state index in [1.165, 1.54) is 18.3 Å². The number of nitrogens with one attached hydrogen (secondary N) is 1. The maximum atomic E-state index is 12.7. The number of benzene rings is 1. The second kappa shape index (κ2) is 8.35. The Hall–Kier alpha value is -3.00. The molecule has 0 unspecified atom stereocenters. The lowest BCUT2D eigenvalue weighted by Crippen LogP contribution is -2.45. The molecule has 0 aliphatic carbocycles. The maximum absolute atomic E-state index is 12.7. The number of carbonyl (C=O) groups is 4. The number of anilines is 1. The third kappa shape index (κ3) is 3.82. The highest BCUT2D eigenvalue weighted by molar-refractivity contribution is 7.15. The first-order chi connectivity index (χ1) is 13.4. The minimum Gasteiger partial charge on any atom is -0.462 e. The molecule has 8 heteroatoms. The molecular weight excluding hydrogens is 380 g/mol. The monoisotopic (exact) mass is 400 g/mol. The first-order valence-corrected chi connectivity index (χ1v) is 9.81. The summed E-state index contributed by atoms with van der Waals surface area (Å²) in [6.07, 6.45) is 0.226. The smallest absolute Gasteiger partial charge is 0.341 e. The second-order valence-electron chi connectivity index (χ2n) is 6.26. The molecule has 1 N–H and O–H groups in total. The van der Waals surface area contributed by atoms with Gasteiger partial charge in [0, 0.05) is 23.8 Å². The van der Waals surface area contributed by atoms with Crippen molar-refractivity contribution in [2.24, 2.45) is 0 Å². The van der Waals surface area contributed by atoms with Crippen molar-refractivity contribution in [2.45, 2.75) is 32.7 Å². The fourth-order valence-electron chi connectivity index (χ4n) is 3.05. The van der Waals surface area contributed by atoms with Gasteiger partial charge in [-0.15, -0.1) is 11.3 Å². The SMILES string of the molecule is CCOC(=O)c1c(-c2ccccc2)csc1NC(=O)[C@H](C)N1C(=O)CCC1=O. The van der Waals surface area contributed by atoms with E-state index >= 15 is 0 Å². The fraction of sp³-hybridized carbons (Fsp3) is 0.300. The first kappa shape index (κ1) is 19.8. The summed E-state index contributed by atoms with van der Waals surface area (Å²) in [5.41, 5.74) is 1.73. The fourth-order valence-corrected chi connectivity index (χ4v) is 4.01. The van der Waals surface area contributed by atoms with Gasteiger partial charge in [-0.3, -0.25) is 19.3 Å². The maximum Gasteiger partial charge on any atom is 0.341 e. The summed E-state index contributed by atoms with van der Waals surface area (Å²) >= 11 is 1.19. The Labute approximate surface area is 166 Å². The summed E-state index contributed by atoms with van der Waals surface area (Å²) in [5, 5.41) is 4.79. The lowest BCUT2D eigenvalue weighted by Gasteiger charge is -2.21. The van der Waals surface area contributed by atoms with Gasteiger partial charge in [0.05, 0.1) is 6.61 Å². The molecule has 1 aromatic carbocycles. The lowest BCUT2D eigenvalue weighted by molar-refractivity contribution is -0.144. The van der Waals surface area contributed by atoms with Gasteiger partial charge in [-0.05, 0) is 19.4 Å². The van der Waals surface area contributed by atoms with Crippen LogP contribution in [-0.2, 0) is 19.1 Å². The van der Waals surface area contributed by atoms with E-state index in [1.54, 1.807) is 12.3 Å². The van der Waals surface area contributed by atoms with Gasteiger partial charge in [0.2, 0.25) is 17.7 Å². The van der Waals surface area contributed by atoms with Crippen LogP contribution in [-0.4, -0.2) is 41.2 Å². The second-order valence-corrected chi connectivity index (χ2v) is 7.14. The molecule has 28 heavy (non-hydrogen) atoms. The van der Waals surface area contributed by atoms with Gasteiger partial charge in [-0.1, -0.05) is 30.3 Å². The van der Waals surface area contributed by atoms with Crippen LogP contribution in [0.4, 0.5) is 5.00 Å². The minimum absolute atomic E-state index is 0.113. The van der Waals surface area contributed by atoms with Crippen LogP contribution >= 0.6 is 11.3 Å². The zero-order valence-corrected chi connectivity index (χ0v) is 16.4. The van der Waals surface area contributed by atoms with Gasteiger partial charge in [-0.25, -0.2) is 4.79 Å². The molecule has 1 saturated heterocycles. The minimum atomic E-state index is -0.958. The van der Waals surface area contributed by atoms with Crippen LogP contribution in [0.5, 0.6) is 0 Å². The highest BCUT2D eigenvalue weighted by Gasteiger charge is 2.36. The van der Waals surface area contributed by atoms with Gasteiger partial charge >= 0.3 is 5.97 Å². The van der Waals surface area contributed by atoms with Crippen molar-refractivity contribution in [3.05, 3.63) is 41.3 Å². The van der Waals surface area contributed by atoms with Crippen molar-refractivity contribution in [3.8, 4) is 11.1 Å². The number of esters is 1. The Morgan fingerprint density at radius 2 is 1.82 bits per heavy atom. The molecule has 1 aliphatic heterocycles. The quantitative estimate of drug-likeness (QED) is 0.594. The van der Waals surface area contributed by atoms with Gasteiger partial charge in [0.1, 0.15) is 16.6 Å². The highest BCUT2D eigenvalue weighted by Crippen LogP contribution is 2.36. The van der Waals surface area contributed by atoms with Crippen LogP contribution in [0.15, 0.2) is 35.7 Å². The molecule has 0 spiro atoms. The van der Waals surface area contributed by atoms with Crippen LogP contribution in [0.25, 0.3) is 11.1 Å². The number of hydrogen-bond acceptors (Lipinski definition) is 6. The summed E-state index contributed by atoms with van der Waals surface area (Å²) in [6, 6.07) is 8.34. The number of nitrogens with zero attached hydrogens (tertiary/aromatic N) is 1. The Balaban J connectivity index is 1.90. The normalized spacial score (nSPS) is 14.9. The molecule has 3 amide bonds. The number of rotatable bonds is 6. The molecule has 0 radical (unpaired) electrons. The molecule has 3 rings (SSSR count). The molecule has 0 bridgehead atoms. The molecule has 1 aromatic heterocycles.